The van der Waals surface area contributed by atoms with E-state index in [4.69, 9.17) is 0 Å². The van der Waals surface area contributed by atoms with Gasteiger partial charge in [-0.05, 0) is 37.1 Å². The summed E-state index contributed by atoms with van der Waals surface area (Å²) in [5.74, 6) is -0.243. The molecule has 0 spiro atoms. The van der Waals surface area contributed by atoms with Crippen molar-refractivity contribution in [3.05, 3.63) is 35.4 Å². The first-order valence-corrected chi connectivity index (χ1v) is 9.52. The minimum Gasteiger partial charge on any atom is -0.352 e. The minimum atomic E-state index is -3.03. The number of hydrogen-bond acceptors (Lipinski definition) is 4. The van der Waals surface area contributed by atoms with E-state index in [-0.39, 0.29) is 29.4 Å². The molecule has 6 nitrogen and oxygen atoms in total. The van der Waals surface area contributed by atoms with Crippen LogP contribution in [0.2, 0.25) is 0 Å². The maximum atomic E-state index is 12.4. The highest BCUT2D eigenvalue weighted by Gasteiger charge is 2.33. The van der Waals surface area contributed by atoms with Crippen molar-refractivity contribution in [1.29, 1.82) is 0 Å². The van der Waals surface area contributed by atoms with Gasteiger partial charge in [0.2, 0.25) is 0 Å². The fraction of sp³-hybridized carbons (Fsp3) is 0.500. The average Bonchev–Trinajstić information content (AvgIpc) is 2.91. The Kier molecular flexibility index (Phi) is 5.41. The van der Waals surface area contributed by atoms with Gasteiger partial charge in [0.05, 0.1) is 11.5 Å². The van der Waals surface area contributed by atoms with Crippen LogP contribution in [0.1, 0.15) is 40.5 Å². The number of nitrogens with one attached hydrogen (secondary N) is 1. The first-order valence-electron chi connectivity index (χ1n) is 7.70. The lowest BCUT2D eigenvalue weighted by Gasteiger charge is -2.23. The Labute approximate surface area is 136 Å². The molecule has 2 amide bonds. The van der Waals surface area contributed by atoms with Crippen LogP contribution in [0.3, 0.4) is 0 Å². The zero-order valence-electron chi connectivity index (χ0n) is 13.4. The minimum absolute atomic E-state index is 0.0206. The molecule has 2 rings (SSSR count). The zero-order valence-corrected chi connectivity index (χ0v) is 14.2. The van der Waals surface area contributed by atoms with Crippen LogP contribution in [-0.2, 0) is 9.84 Å². The molecule has 1 aliphatic heterocycles. The van der Waals surface area contributed by atoms with Crippen molar-refractivity contribution >= 4 is 21.7 Å². The maximum absolute atomic E-state index is 12.4. The fourth-order valence-corrected chi connectivity index (χ4v) is 4.33. The Morgan fingerprint density at radius 3 is 2.35 bits per heavy atom. The number of sulfone groups is 1. The van der Waals surface area contributed by atoms with Gasteiger partial charge in [0.1, 0.15) is 0 Å². The predicted molar refractivity (Wildman–Crippen MR) is 88.2 cm³/mol. The Bertz CT molecular complexity index is 683. The average molecular weight is 338 g/mol. The number of carbonyl (C=O) groups is 2. The van der Waals surface area contributed by atoms with Crippen molar-refractivity contribution in [2.45, 2.75) is 25.8 Å². The Balaban J connectivity index is 2.04. The summed E-state index contributed by atoms with van der Waals surface area (Å²) in [5.41, 5.74) is 0.949. The summed E-state index contributed by atoms with van der Waals surface area (Å²) in [5, 5.41) is 2.77. The first kappa shape index (κ1) is 17.5. The molecule has 23 heavy (non-hydrogen) atoms. The van der Waals surface area contributed by atoms with Crippen molar-refractivity contribution in [3.63, 3.8) is 0 Å². The third-order valence-corrected chi connectivity index (χ3v) is 5.76. The normalized spacial score (nSPS) is 19.3. The van der Waals surface area contributed by atoms with Crippen LogP contribution < -0.4 is 5.32 Å². The molecule has 7 heteroatoms. The third-order valence-electron chi connectivity index (χ3n) is 4.01. The SMILES string of the molecule is CCCNC(=O)c1ccc(C(=O)N(C)C2CCS(=O)(=O)C2)cc1. The lowest BCUT2D eigenvalue weighted by molar-refractivity contribution is 0.0747. The van der Waals surface area contributed by atoms with Crippen LogP contribution >= 0.6 is 0 Å². The van der Waals surface area contributed by atoms with Gasteiger partial charge >= 0.3 is 0 Å². The molecule has 0 aromatic heterocycles. The molecular formula is C16H22N2O4S. The van der Waals surface area contributed by atoms with Gasteiger partial charge in [-0.15, -0.1) is 0 Å². The van der Waals surface area contributed by atoms with Crippen molar-refractivity contribution in [2.75, 3.05) is 25.1 Å². The summed E-state index contributed by atoms with van der Waals surface area (Å²) in [7, 11) is -1.41. The molecule has 0 radical (unpaired) electrons. The standard InChI is InChI=1S/C16H22N2O4S/c1-3-9-17-15(19)12-4-6-13(7-5-12)16(20)18(2)14-8-10-23(21,22)11-14/h4-7,14H,3,8-11H2,1-2H3,(H,17,19). The summed E-state index contributed by atoms with van der Waals surface area (Å²) < 4.78 is 23.1. The monoisotopic (exact) mass is 338 g/mol. The number of amides is 2. The highest BCUT2D eigenvalue weighted by atomic mass is 32.2. The number of carbonyl (C=O) groups excluding carboxylic acids is 2. The van der Waals surface area contributed by atoms with E-state index in [1.165, 1.54) is 4.90 Å². The van der Waals surface area contributed by atoms with Crippen molar-refractivity contribution in [1.82, 2.24) is 10.2 Å². The summed E-state index contributed by atoms with van der Waals surface area (Å²) >= 11 is 0. The van der Waals surface area contributed by atoms with Crippen LogP contribution in [0.4, 0.5) is 0 Å². The van der Waals surface area contributed by atoms with Crippen LogP contribution in [0.5, 0.6) is 0 Å². The van der Waals surface area contributed by atoms with Gasteiger partial charge in [-0.2, -0.15) is 0 Å². The van der Waals surface area contributed by atoms with Gasteiger partial charge in [-0.1, -0.05) is 6.92 Å². The van der Waals surface area contributed by atoms with Crippen molar-refractivity contribution < 1.29 is 18.0 Å². The smallest absolute Gasteiger partial charge is 0.253 e. The van der Waals surface area contributed by atoms with E-state index in [0.29, 0.717) is 24.1 Å². The van der Waals surface area contributed by atoms with Gasteiger partial charge < -0.3 is 10.2 Å². The Hall–Kier alpha value is -1.89. The highest BCUT2D eigenvalue weighted by Crippen LogP contribution is 2.18. The molecule has 1 fully saturated rings. The predicted octanol–water partition coefficient (Wildman–Crippen LogP) is 1.09. The lowest BCUT2D eigenvalue weighted by Crippen LogP contribution is -2.37. The third kappa shape index (κ3) is 4.31. The van der Waals surface area contributed by atoms with E-state index in [1.807, 2.05) is 6.92 Å². The topological polar surface area (TPSA) is 83.6 Å². The molecule has 1 atom stereocenters. The Morgan fingerprint density at radius 1 is 1.22 bits per heavy atom. The van der Waals surface area contributed by atoms with Crippen molar-refractivity contribution in [3.8, 4) is 0 Å². The summed E-state index contributed by atoms with van der Waals surface area (Å²) in [6.07, 6.45) is 1.33. The number of benzene rings is 1. The van der Waals surface area contributed by atoms with Gasteiger partial charge in [-0.3, -0.25) is 9.59 Å². The van der Waals surface area contributed by atoms with E-state index in [2.05, 4.69) is 5.32 Å². The van der Waals surface area contributed by atoms with Crippen LogP contribution in [0.15, 0.2) is 24.3 Å². The van der Waals surface area contributed by atoms with E-state index in [0.717, 1.165) is 6.42 Å². The quantitative estimate of drug-likeness (QED) is 0.871. The highest BCUT2D eigenvalue weighted by molar-refractivity contribution is 7.91. The molecule has 1 saturated heterocycles. The number of rotatable bonds is 5. The largest absolute Gasteiger partial charge is 0.352 e. The van der Waals surface area contributed by atoms with Gasteiger partial charge in [0.25, 0.3) is 11.8 Å². The van der Waals surface area contributed by atoms with E-state index < -0.39 is 9.84 Å². The van der Waals surface area contributed by atoms with Gasteiger partial charge in [-0.25, -0.2) is 8.42 Å². The van der Waals surface area contributed by atoms with E-state index in [9.17, 15) is 18.0 Å². The Morgan fingerprint density at radius 2 is 1.83 bits per heavy atom. The second kappa shape index (κ2) is 7.12. The lowest BCUT2D eigenvalue weighted by atomic mass is 10.1. The fourth-order valence-electron chi connectivity index (χ4n) is 2.56. The maximum Gasteiger partial charge on any atom is 0.253 e. The van der Waals surface area contributed by atoms with Gasteiger partial charge in [0, 0.05) is 30.8 Å². The van der Waals surface area contributed by atoms with Crippen LogP contribution in [0.25, 0.3) is 0 Å². The molecule has 0 aliphatic carbocycles. The zero-order chi connectivity index (χ0) is 17.0. The molecule has 1 aliphatic rings. The number of nitrogens with zero attached hydrogens (tertiary/aromatic N) is 1. The molecule has 126 valence electrons. The van der Waals surface area contributed by atoms with Crippen LogP contribution in [-0.4, -0.2) is 56.3 Å². The molecule has 0 saturated carbocycles. The first-order chi connectivity index (χ1) is 10.8. The van der Waals surface area contributed by atoms with Crippen LogP contribution in [0, 0.1) is 0 Å². The molecule has 1 aromatic carbocycles. The number of hydrogen-bond donors (Lipinski definition) is 1. The second-order valence-corrected chi connectivity index (χ2v) is 8.03. The molecular weight excluding hydrogens is 316 g/mol. The second-order valence-electron chi connectivity index (χ2n) is 5.81. The summed E-state index contributed by atoms with van der Waals surface area (Å²) in [4.78, 5) is 25.7. The van der Waals surface area contributed by atoms with E-state index in [1.54, 1.807) is 31.3 Å². The van der Waals surface area contributed by atoms with Gasteiger partial charge in [0.15, 0.2) is 9.84 Å². The molecule has 0 bridgehead atoms. The molecule has 1 aromatic rings. The molecule has 1 heterocycles. The van der Waals surface area contributed by atoms with E-state index >= 15 is 0 Å². The summed E-state index contributed by atoms with van der Waals surface area (Å²) in [6, 6.07) is 6.14. The summed E-state index contributed by atoms with van der Waals surface area (Å²) in [6.45, 7) is 2.58. The van der Waals surface area contributed by atoms with Crippen molar-refractivity contribution in [2.24, 2.45) is 0 Å². The molecule has 1 unspecified atom stereocenters. The molecule has 1 N–H and O–H groups in total.